The molecule has 1 unspecified atom stereocenters. The Morgan fingerprint density at radius 2 is 2.36 bits per heavy atom. The Balaban J connectivity index is 2.33. The second-order valence-electron chi connectivity index (χ2n) is 3.18. The fourth-order valence-electron chi connectivity index (χ4n) is 0.996. The van der Waals surface area contributed by atoms with Crippen molar-refractivity contribution in [1.29, 1.82) is 0 Å². The van der Waals surface area contributed by atoms with Crippen molar-refractivity contribution in [3.8, 4) is 0 Å². The molecule has 1 aromatic heterocycles. The summed E-state index contributed by atoms with van der Waals surface area (Å²) in [4.78, 5) is 4.14. The van der Waals surface area contributed by atoms with E-state index in [0.717, 1.165) is 5.01 Å². The van der Waals surface area contributed by atoms with E-state index in [1.54, 1.807) is 17.5 Å². The molecule has 80 valence electrons. The highest BCUT2D eigenvalue weighted by Gasteiger charge is 2.08. The van der Waals surface area contributed by atoms with Gasteiger partial charge in [-0.25, -0.2) is 13.4 Å². The summed E-state index contributed by atoms with van der Waals surface area (Å²) in [6.07, 6.45) is 2.98. The predicted octanol–water partition coefficient (Wildman–Crippen LogP) is 0.838. The number of rotatable bonds is 5. The molecule has 0 aromatic carbocycles. The lowest BCUT2D eigenvalue weighted by Gasteiger charge is -2.09. The summed E-state index contributed by atoms with van der Waals surface area (Å²) in [6.45, 7) is 2.45. The smallest absolute Gasteiger partial charge is 0.148 e. The van der Waals surface area contributed by atoms with Gasteiger partial charge < -0.3 is 5.32 Å². The maximum absolute atomic E-state index is 10.8. The van der Waals surface area contributed by atoms with Gasteiger partial charge >= 0.3 is 0 Å². The molecule has 1 atom stereocenters. The van der Waals surface area contributed by atoms with Crippen LogP contribution in [0.1, 0.15) is 18.0 Å². The van der Waals surface area contributed by atoms with E-state index < -0.39 is 9.84 Å². The average Bonchev–Trinajstić information content (AvgIpc) is 2.53. The van der Waals surface area contributed by atoms with Crippen LogP contribution >= 0.6 is 11.3 Å². The number of sulfone groups is 1. The fourth-order valence-corrected chi connectivity index (χ4v) is 2.16. The molecule has 14 heavy (non-hydrogen) atoms. The molecule has 1 N–H and O–H groups in total. The van der Waals surface area contributed by atoms with Gasteiger partial charge in [0.25, 0.3) is 0 Å². The number of thiazole rings is 1. The van der Waals surface area contributed by atoms with Crippen LogP contribution in [0.15, 0.2) is 11.6 Å². The largest absolute Gasteiger partial charge is 0.307 e. The molecule has 4 nitrogen and oxygen atoms in total. The van der Waals surface area contributed by atoms with E-state index in [2.05, 4.69) is 10.3 Å². The van der Waals surface area contributed by atoms with Gasteiger partial charge in [0.15, 0.2) is 0 Å². The lowest BCUT2D eigenvalue weighted by atomic mass is 10.3. The van der Waals surface area contributed by atoms with Crippen LogP contribution in [-0.4, -0.2) is 32.0 Å². The van der Waals surface area contributed by atoms with E-state index >= 15 is 0 Å². The highest BCUT2D eigenvalue weighted by Crippen LogP contribution is 2.13. The van der Waals surface area contributed by atoms with Gasteiger partial charge in [0.05, 0.1) is 11.8 Å². The van der Waals surface area contributed by atoms with Crippen molar-refractivity contribution in [2.45, 2.75) is 13.0 Å². The van der Waals surface area contributed by atoms with Gasteiger partial charge in [0.2, 0.25) is 0 Å². The number of hydrogen-bond donors (Lipinski definition) is 1. The van der Waals surface area contributed by atoms with Crippen LogP contribution in [0.25, 0.3) is 0 Å². The van der Waals surface area contributed by atoms with Crippen LogP contribution in [0.5, 0.6) is 0 Å². The Morgan fingerprint density at radius 1 is 1.64 bits per heavy atom. The van der Waals surface area contributed by atoms with Crippen LogP contribution in [0.4, 0.5) is 0 Å². The first-order valence-electron chi connectivity index (χ1n) is 4.29. The van der Waals surface area contributed by atoms with Crippen LogP contribution < -0.4 is 5.32 Å². The first-order chi connectivity index (χ1) is 6.49. The van der Waals surface area contributed by atoms with E-state index in [4.69, 9.17) is 0 Å². The third kappa shape index (κ3) is 4.17. The Hall–Kier alpha value is -0.460. The maximum Gasteiger partial charge on any atom is 0.148 e. The standard InChI is InChI=1S/C8H14N2O2S2/c1-7(8-10-3-5-13-8)9-4-6-14(2,11)12/h3,5,7,9H,4,6H2,1-2H3. The van der Waals surface area contributed by atoms with Gasteiger partial charge in [-0.1, -0.05) is 0 Å². The number of hydrogen-bond acceptors (Lipinski definition) is 5. The van der Waals surface area contributed by atoms with E-state index in [9.17, 15) is 8.42 Å². The van der Waals surface area contributed by atoms with Gasteiger partial charge in [-0.3, -0.25) is 0 Å². The first-order valence-corrected chi connectivity index (χ1v) is 7.23. The number of nitrogens with zero attached hydrogens (tertiary/aromatic N) is 1. The van der Waals surface area contributed by atoms with E-state index in [0.29, 0.717) is 6.54 Å². The van der Waals surface area contributed by atoms with Crippen molar-refractivity contribution in [1.82, 2.24) is 10.3 Å². The molecule has 0 fully saturated rings. The van der Waals surface area contributed by atoms with Gasteiger partial charge in [-0.2, -0.15) is 0 Å². The highest BCUT2D eigenvalue weighted by atomic mass is 32.2. The van der Waals surface area contributed by atoms with Crippen molar-refractivity contribution in [3.63, 3.8) is 0 Å². The van der Waals surface area contributed by atoms with Crippen molar-refractivity contribution in [3.05, 3.63) is 16.6 Å². The molecule has 0 aliphatic rings. The third-order valence-corrected chi connectivity index (χ3v) is 3.65. The first kappa shape index (κ1) is 11.6. The molecule has 1 heterocycles. The molecule has 0 saturated heterocycles. The summed E-state index contributed by atoms with van der Waals surface area (Å²) < 4.78 is 21.7. The lowest BCUT2D eigenvalue weighted by molar-refractivity contribution is 0.574. The second kappa shape index (κ2) is 4.86. The Morgan fingerprint density at radius 3 is 2.86 bits per heavy atom. The minimum Gasteiger partial charge on any atom is -0.307 e. The molecule has 0 spiro atoms. The maximum atomic E-state index is 10.8. The molecule has 0 amide bonds. The van der Waals surface area contributed by atoms with Gasteiger partial charge in [0.1, 0.15) is 14.8 Å². The lowest BCUT2D eigenvalue weighted by Crippen LogP contribution is -2.25. The minimum atomic E-state index is -2.87. The Bertz CT molecular complexity index is 359. The molecule has 1 rings (SSSR count). The Kier molecular flexibility index (Phi) is 4.03. The number of aromatic nitrogens is 1. The fraction of sp³-hybridized carbons (Fsp3) is 0.625. The predicted molar refractivity (Wildman–Crippen MR) is 58.2 cm³/mol. The number of nitrogens with one attached hydrogen (secondary N) is 1. The molecule has 6 heteroatoms. The summed E-state index contributed by atoms with van der Waals surface area (Å²) in [6, 6.07) is 0.122. The minimum absolute atomic E-state index is 0.122. The monoisotopic (exact) mass is 234 g/mol. The van der Waals surface area contributed by atoms with Crippen molar-refractivity contribution in [2.24, 2.45) is 0 Å². The van der Waals surface area contributed by atoms with E-state index in [1.165, 1.54) is 6.26 Å². The van der Waals surface area contributed by atoms with Crippen molar-refractivity contribution in [2.75, 3.05) is 18.6 Å². The summed E-state index contributed by atoms with van der Waals surface area (Å²) in [5.74, 6) is 0.169. The third-order valence-electron chi connectivity index (χ3n) is 1.75. The quantitative estimate of drug-likeness (QED) is 0.820. The van der Waals surface area contributed by atoms with Crippen LogP contribution in [0.3, 0.4) is 0 Å². The van der Waals surface area contributed by atoms with Gasteiger partial charge in [-0.15, -0.1) is 11.3 Å². The van der Waals surface area contributed by atoms with E-state index in [-0.39, 0.29) is 11.8 Å². The zero-order valence-electron chi connectivity index (χ0n) is 8.23. The summed E-state index contributed by atoms with van der Waals surface area (Å²) in [5.41, 5.74) is 0. The van der Waals surface area contributed by atoms with Crippen LogP contribution in [0, 0.1) is 0 Å². The summed E-state index contributed by atoms with van der Waals surface area (Å²) >= 11 is 1.57. The molecular weight excluding hydrogens is 220 g/mol. The summed E-state index contributed by atoms with van der Waals surface area (Å²) in [5, 5.41) is 6.00. The van der Waals surface area contributed by atoms with Gasteiger partial charge in [-0.05, 0) is 6.92 Å². The highest BCUT2D eigenvalue weighted by molar-refractivity contribution is 7.90. The molecule has 1 aromatic rings. The normalized spacial score (nSPS) is 14.1. The Labute approximate surface area is 88.3 Å². The molecule has 0 aliphatic heterocycles. The molecule has 0 bridgehead atoms. The second-order valence-corrected chi connectivity index (χ2v) is 6.36. The topological polar surface area (TPSA) is 59.1 Å². The molecular formula is C8H14N2O2S2. The zero-order chi connectivity index (χ0) is 10.6. The van der Waals surface area contributed by atoms with Crippen LogP contribution in [0.2, 0.25) is 0 Å². The van der Waals surface area contributed by atoms with Crippen molar-refractivity contribution >= 4 is 21.2 Å². The molecule has 0 saturated carbocycles. The van der Waals surface area contributed by atoms with E-state index in [1.807, 2.05) is 12.3 Å². The van der Waals surface area contributed by atoms with Crippen LogP contribution in [-0.2, 0) is 9.84 Å². The molecule has 0 radical (unpaired) electrons. The van der Waals surface area contributed by atoms with Crippen molar-refractivity contribution < 1.29 is 8.42 Å². The summed E-state index contributed by atoms with van der Waals surface area (Å²) in [7, 11) is -2.87. The zero-order valence-corrected chi connectivity index (χ0v) is 9.86. The van der Waals surface area contributed by atoms with Gasteiger partial charge in [0, 0.05) is 24.4 Å². The average molecular weight is 234 g/mol. The SMILES string of the molecule is CC(NCCS(C)(=O)=O)c1nccs1. The molecule has 0 aliphatic carbocycles.